The van der Waals surface area contributed by atoms with Crippen molar-refractivity contribution >= 4 is 5.71 Å². The summed E-state index contributed by atoms with van der Waals surface area (Å²) in [6.45, 7) is 0. The van der Waals surface area contributed by atoms with Crippen LogP contribution in [0, 0.1) is 0 Å². The Balaban J connectivity index is 2.57. The molecule has 2 aromatic carbocycles. The topological polar surface area (TPSA) is 52.8 Å². The number of hydrogen-bond acceptors (Lipinski definition) is 3. The second-order valence-corrected chi connectivity index (χ2v) is 3.61. The van der Waals surface area contributed by atoms with Gasteiger partial charge in [0.1, 0.15) is 11.5 Å². The highest BCUT2D eigenvalue weighted by Crippen LogP contribution is 2.25. The van der Waals surface area contributed by atoms with Crippen LogP contribution in [0.25, 0.3) is 0 Å². The van der Waals surface area contributed by atoms with E-state index in [0.717, 1.165) is 0 Å². The first-order chi connectivity index (χ1) is 8.24. The molecule has 0 amide bonds. The first kappa shape index (κ1) is 11.2. The van der Waals surface area contributed by atoms with Crippen LogP contribution in [0.2, 0.25) is 0 Å². The summed E-state index contributed by atoms with van der Waals surface area (Å²) in [6.07, 6.45) is 0. The molecule has 2 aromatic rings. The number of aliphatic imine (C=N–C) groups is 1. The van der Waals surface area contributed by atoms with E-state index in [1.165, 1.54) is 0 Å². The first-order valence-corrected chi connectivity index (χ1v) is 5.27. The van der Waals surface area contributed by atoms with E-state index >= 15 is 0 Å². The van der Waals surface area contributed by atoms with Crippen molar-refractivity contribution in [1.82, 2.24) is 0 Å². The third-order valence-corrected chi connectivity index (χ3v) is 2.54. The van der Waals surface area contributed by atoms with Crippen LogP contribution in [-0.2, 0) is 0 Å². The molecule has 3 nitrogen and oxygen atoms in total. The number of para-hydroxylation sites is 2. The van der Waals surface area contributed by atoms with Gasteiger partial charge in [-0.15, -0.1) is 0 Å². The molecular weight excluding hydrogens is 214 g/mol. The second kappa shape index (κ2) is 4.70. The van der Waals surface area contributed by atoms with Gasteiger partial charge in [-0.25, -0.2) is 0 Å². The lowest BCUT2D eigenvalue weighted by Crippen LogP contribution is -2.03. The maximum absolute atomic E-state index is 9.80. The molecule has 17 heavy (non-hydrogen) atoms. The van der Waals surface area contributed by atoms with E-state index in [2.05, 4.69) is 4.99 Å². The summed E-state index contributed by atoms with van der Waals surface area (Å²) in [5.74, 6) is 0.299. The highest BCUT2D eigenvalue weighted by atomic mass is 16.3. The van der Waals surface area contributed by atoms with Crippen LogP contribution >= 0.6 is 0 Å². The highest BCUT2D eigenvalue weighted by molar-refractivity contribution is 6.15. The zero-order valence-corrected chi connectivity index (χ0v) is 9.46. The van der Waals surface area contributed by atoms with E-state index < -0.39 is 0 Å². The molecule has 2 rings (SSSR count). The Morgan fingerprint density at radius 2 is 1.24 bits per heavy atom. The van der Waals surface area contributed by atoms with Crippen LogP contribution in [0.3, 0.4) is 0 Å². The number of hydrogen-bond donors (Lipinski definition) is 2. The van der Waals surface area contributed by atoms with E-state index in [4.69, 9.17) is 0 Å². The van der Waals surface area contributed by atoms with Crippen molar-refractivity contribution < 1.29 is 10.2 Å². The SMILES string of the molecule is CN=C(c1ccccc1O)c1ccccc1O. The summed E-state index contributed by atoms with van der Waals surface area (Å²) < 4.78 is 0. The first-order valence-electron chi connectivity index (χ1n) is 5.27. The number of phenolic OH excluding ortho intramolecular Hbond substituents is 2. The zero-order chi connectivity index (χ0) is 12.3. The number of phenols is 2. The van der Waals surface area contributed by atoms with E-state index in [1.807, 2.05) is 12.1 Å². The lowest BCUT2D eigenvalue weighted by molar-refractivity contribution is 0.472. The minimum absolute atomic E-state index is 0.149. The van der Waals surface area contributed by atoms with Gasteiger partial charge in [-0.3, -0.25) is 4.99 Å². The lowest BCUT2D eigenvalue weighted by atomic mass is 10.0. The van der Waals surface area contributed by atoms with Gasteiger partial charge in [-0.2, -0.15) is 0 Å². The third-order valence-electron chi connectivity index (χ3n) is 2.54. The molecule has 0 atom stereocenters. The average molecular weight is 227 g/mol. The normalized spacial score (nSPS) is 9.94. The molecule has 0 aliphatic heterocycles. The largest absolute Gasteiger partial charge is 0.507 e. The summed E-state index contributed by atoms with van der Waals surface area (Å²) in [7, 11) is 1.63. The molecule has 0 aromatic heterocycles. The Morgan fingerprint density at radius 1 is 0.824 bits per heavy atom. The maximum Gasteiger partial charge on any atom is 0.124 e. The number of aromatic hydroxyl groups is 2. The van der Waals surface area contributed by atoms with Gasteiger partial charge in [-0.05, 0) is 24.3 Å². The molecule has 0 aliphatic rings. The van der Waals surface area contributed by atoms with Crippen molar-refractivity contribution in [3.8, 4) is 11.5 Å². The summed E-state index contributed by atoms with van der Waals surface area (Å²) in [5, 5.41) is 19.6. The standard InChI is InChI=1S/C14H13NO2/c1-15-14(10-6-2-4-8-12(10)16)11-7-3-5-9-13(11)17/h2-9,16-17H,1H3. The molecule has 0 aliphatic carbocycles. The summed E-state index contributed by atoms with van der Waals surface area (Å²) in [4.78, 5) is 4.15. The average Bonchev–Trinajstić information content (AvgIpc) is 2.34. The van der Waals surface area contributed by atoms with Crippen molar-refractivity contribution in [2.75, 3.05) is 7.05 Å². The van der Waals surface area contributed by atoms with Gasteiger partial charge in [0.2, 0.25) is 0 Å². The van der Waals surface area contributed by atoms with Gasteiger partial charge >= 0.3 is 0 Å². The van der Waals surface area contributed by atoms with E-state index in [0.29, 0.717) is 16.8 Å². The van der Waals surface area contributed by atoms with Crippen LogP contribution in [0.15, 0.2) is 53.5 Å². The Hall–Kier alpha value is -2.29. The molecule has 0 saturated carbocycles. The number of rotatable bonds is 2. The summed E-state index contributed by atoms with van der Waals surface area (Å²) in [5.41, 5.74) is 1.79. The monoisotopic (exact) mass is 227 g/mol. The van der Waals surface area contributed by atoms with Gasteiger partial charge in [0.25, 0.3) is 0 Å². The van der Waals surface area contributed by atoms with Gasteiger partial charge in [0.15, 0.2) is 0 Å². The fraction of sp³-hybridized carbons (Fsp3) is 0.0714. The van der Waals surface area contributed by atoms with Crippen molar-refractivity contribution in [1.29, 1.82) is 0 Å². The Bertz CT molecular complexity index is 514. The number of nitrogens with zero attached hydrogens (tertiary/aromatic N) is 1. The summed E-state index contributed by atoms with van der Waals surface area (Å²) >= 11 is 0. The molecule has 0 fully saturated rings. The van der Waals surface area contributed by atoms with Crippen molar-refractivity contribution in [3.05, 3.63) is 59.7 Å². The molecular formula is C14H13NO2. The quantitative estimate of drug-likeness (QED) is 0.775. The Labute approximate surface area is 99.7 Å². The number of benzene rings is 2. The smallest absolute Gasteiger partial charge is 0.124 e. The molecule has 86 valence electrons. The lowest BCUT2D eigenvalue weighted by Gasteiger charge is -2.09. The van der Waals surface area contributed by atoms with Crippen molar-refractivity contribution in [2.24, 2.45) is 4.99 Å². The van der Waals surface area contributed by atoms with E-state index in [-0.39, 0.29) is 11.5 Å². The molecule has 0 unspecified atom stereocenters. The van der Waals surface area contributed by atoms with E-state index in [1.54, 1.807) is 43.4 Å². The second-order valence-electron chi connectivity index (χ2n) is 3.61. The van der Waals surface area contributed by atoms with Crippen molar-refractivity contribution in [2.45, 2.75) is 0 Å². The Morgan fingerprint density at radius 3 is 1.59 bits per heavy atom. The minimum atomic E-state index is 0.149. The highest BCUT2D eigenvalue weighted by Gasteiger charge is 2.13. The molecule has 0 bridgehead atoms. The van der Waals surface area contributed by atoms with Gasteiger partial charge in [-0.1, -0.05) is 24.3 Å². The molecule has 3 heteroatoms. The molecule has 0 saturated heterocycles. The summed E-state index contributed by atoms with van der Waals surface area (Å²) in [6, 6.07) is 13.9. The predicted molar refractivity (Wildman–Crippen MR) is 67.8 cm³/mol. The van der Waals surface area contributed by atoms with Crippen molar-refractivity contribution in [3.63, 3.8) is 0 Å². The van der Waals surface area contributed by atoms with Crippen LogP contribution in [0.5, 0.6) is 11.5 Å². The van der Waals surface area contributed by atoms with E-state index in [9.17, 15) is 10.2 Å². The molecule has 0 heterocycles. The van der Waals surface area contributed by atoms with Crippen LogP contribution in [-0.4, -0.2) is 23.0 Å². The van der Waals surface area contributed by atoms with Gasteiger partial charge in [0.05, 0.1) is 5.71 Å². The maximum atomic E-state index is 9.80. The van der Waals surface area contributed by atoms with Gasteiger partial charge < -0.3 is 10.2 Å². The van der Waals surface area contributed by atoms with Crippen LogP contribution in [0.4, 0.5) is 0 Å². The predicted octanol–water partition coefficient (Wildman–Crippen LogP) is 2.57. The zero-order valence-electron chi connectivity index (χ0n) is 9.46. The minimum Gasteiger partial charge on any atom is -0.507 e. The fourth-order valence-electron chi connectivity index (χ4n) is 1.73. The third kappa shape index (κ3) is 2.13. The van der Waals surface area contributed by atoms with Gasteiger partial charge in [0, 0.05) is 18.2 Å². The molecule has 0 spiro atoms. The van der Waals surface area contributed by atoms with Crippen LogP contribution < -0.4 is 0 Å². The fourth-order valence-corrected chi connectivity index (χ4v) is 1.73. The Kier molecular flexibility index (Phi) is 3.10. The van der Waals surface area contributed by atoms with Crippen LogP contribution in [0.1, 0.15) is 11.1 Å². The molecule has 2 N–H and O–H groups in total. The molecule has 0 radical (unpaired) electrons.